The molecule has 1 aliphatic carbocycles. The summed E-state index contributed by atoms with van der Waals surface area (Å²) in [4.78, 5) is 9.66. The summed E-state index contributed by atoms with van der Waals surface area (Å²) in [6.45, 7) is 2.24. The van der Waals surface area contributed by atoms with E-state index in [0.29, 0.717) is 12.5 Å². The second-order valence-electron chi connectivity index (χ2n) is 8.62. The molecule has 0 radical (unpaired) electrons. The van der Waals surface area contributed by atoms with Crippen molar-refractivity contribution in [1.82, 2.24) is 24.5 Å². The first-order valence-electron chi connectivity index (χ1n) is 11.7. The summed E-state index contributed by atoms with van der Waals surface area (Å²) >= 11 is 0. The summed E-state index contributed by atoms with van der Waals surface area (Å²) in [6.07, 6.45) is 5.61. The van der Waals surface area contributed by atoms with E-state index in [-0.39, 0.29) is 18.1 Å². The normalized spacial score (nSPS) is 13.7. The van der Waals surface area contributed by atoms with Crippen molar-refractivity contribution >= 4 is 26.7 Å². The molecule has 2 aromatic carbocycles. The molecule has 0 unspecified atom stereocenters. The van der Waals surface area contributed by atoms with Crippen molar-refractivity contribution in [2.75, 3.05) is 11.1 Å². The first-order valence-corrected chi connectivity index (χ1v) is 13.4. The first-order chi connectivity index (χ1) is 16.9. The predicted molar refractivity (Wildman–Crippen MR) is 133 cm³/mol. The number of aryl methyl sites for hydroxylation is 1. The van der Waals surface area contributed by atoms with E-state index >= 15 is 0 Å². The molecule has 8 nitrogen and oxygen atoms in total. The van der Waals surface area contributed by atoms with Crippen LogP contribution < -0.4 is 10.0 Å². The number of sulfonamides is 1. The average molecular weight is 495 g/mol. The maximum absolute atomic E-state index is 13.6. The zero-order valence-corrected chi connectivity index (χ0v) is 20.3. The van der Waals surface area contributed by atoms with Crippen molar-refractivity contribution in [2.24, 2.45) is 0 Å². The number of halogens is 1. The SMILES string of the molecule is CCS(=O)(=O)NCc1cccc2c1cnn2-c1nc2c(c(NCc3cccc(F)c3)n1)CCCC2. The maximum atomic E-state index is 13.6. The van der Waals surface area contributed by atoms with Gasteiger partial charge in [0.2, 0.25) is 10.0 Å². The monoisotopic (exact) mass is 494 g/mol. The van der Waals surface area contributed by atoms with E-state index in [1.165, 1.54) is 12.1 Å². The summed E-state index contributed by atoms with van der Waals surface area (Å²) in [7, 11) is -3.31. The summed E-state index contributed by atoms with van der Waals surface area (Å²) in [6, 6.07) is 12.2. The van der Waals surface area contributed by atoms with Crippen LogP contribution >= 0.6 is 0 Å². The number of nitrogens with one attached hydrogen (secondary N) is 2. The van der Waals surface area contributed by atoms with Crippen LogP contribution in [0.3, 0.4) is 0 Å². The van der Waals surface area contributed by atoms with E-state index in [4.69, 9.17) is 9.97 Å². The summed E-state index contributed by atoms with van der Waals surface area (Å²) in [5.74, 6) is 0.948. The van der Waals surface area contributed by atoms with Crippen LogP contribution in [0.4, 0.5) is 10.2 Å². The Morgan fingerprint density at radius 3 is 2.71 bits per heavy atom. The molecule has 2 N–H and O–H groups in total. The number of nitrogens with zero attached hydrogens (tertiary/aromatic N) is 4. The standard InChI is InChI=1S/C25H27FN6O2S/c1-2-35(33,34)29-15-18-8-6-12-23-21(18)16-28-32(23)25-30-22-11-4-3-10-20(22)24(31-25)27-14-17-7-5-9-19(26)13-17/h5-9,12-13,16,29H,2-4,10-11,14-15H2,1H3,(H,27,30,31). The highest BCUT2D eigenvalue weighted by molar-refractivity contribution is 7.89. The number of benzene rings is 2. The van der Waals surface area contributed by atoms with E-state index in [2.05, 4.69) is 15.1 Å². The van der Waals surface area contributed by atoms with E-state index < -0.39 is 10.0 Å². The Kier molecular flexibility index (Phi) is 6.48. The Morgan fingerprint density at radius 1 is 1.06 bits per heavy atom. The van der Waals surface area contributed by atoms with Gasteiger partial charge in [0.25, 0.3) is 5.95 Å². The molecule has 0 fully saturated rings. The van der Waals surface area contributed by atoms with Crippen LogP contribution in [-0.2, 0) is 36.0 Å². The third-order valence-electron chi connectivity index (χ3n) is 6.28. The molecule has 0 atom stereocenters. The molecule has 10 heteroatoms. The molecule has 0 spiro atoms. The zero-order chi connectivity index (χ0) is 24.4. The second-order valence-corrected chi connectivity index (χ2v) is 10.7. The lowest BCUT2D eigenvalue weighted by molar-refractivity contribution is 0.583. The van der Waals surface area contributed by atoms with Crippen molar-refractivity contribution in [3.8, 4) is 5.95 Å². The molecule has 1 aliphatic rings. The van der Waals surface area contributed by atoms with Gasteiger partial charge < -0.3 is 5.32 Å². The van der Waals surface area contributed by atoms with Crippen LogP contribution in [0, 0.1) is 5.82 Å². The quantitative estimate of drug-likeness (QED) is 0.385. The molecule has 0 amide bonds. The van der Waals surface area contributed by atoms with Crippen molar-refractivity contribution in [1.29, 1.82) is 0 Å². The molecule has 2 heterocycles. The lowest BCUT2D eigenvalue weighted by Gasteiger charge is -2.20. The maximum Gasteiger partial charge on any atom is 0.253 e. The Balaban J connectivity index is 1.50. The topological polar surface area (TPSA) is 102 Å². The van der Waals surface area contributed by atoms with Gasteiger partial charge in [-0.1, -0.05) is 24.3 Å². The summed E-state index contributed by atoms with van der Waals surface area (Å²) in [5, 5.41) is 8.77. The van der Waals surface area contributed by atoms with Crippen molar-refractivity contribution in [3.63, 3.8) is 0 Å². The Hall–Kier alpha value is -3.37. The van der Waals surface area contributed by atoms with Gasteiger partial charge in [-0.2, -0.15) is 14.8 Å². The van der Waals surface area contributed by atoms with Gasteiger partial charge >= 0.3 is 0 Å². The van der Waals surface area contributed by atoms with E-state index in [9.17, 15) is 12.8 Å². The molecule has 5 rings (SSSR count). The number of hydrogen-bond acceptors (Lipinski definition) is 6. The van der Waals surface area contributed by atoms with Crippen LogP contribution in [0.2, 0.25) is 0 Å². The Morgan fingerprint density at radius 2 is 1.89 bits per heavy atom. The van der Waals surface area contributed by atoms with Gasteiger partial charge in [0.15, 0.2) is 0 Å². The predicted octanol–water partition coefficient (Wildman–Crippen LogP) is 3.88. The third-order valence-corrected chi connectivity index (χ3v) is 7.62. The molecule has 2 aromatic heterocycles. The first kappa shape index (κ1) is 23.4. The van der Waals surface area contributed by atoms with Crippen LogP contribution in [0.1, 0.15) is 42.1 Å². The highest BCUT2D eigenvalue weighted by atomic mass is 32.2. The number of aromatic nitrogens is 4. The Labute approximate surface area is 203 Å². The van der Waals surface area contributed by atoms with E-state index in [1.807, 2.05) is 24.3 Å². The highest BCUT2D eigenvalue weighted by Gasteiger charge is 2.20. The zero-order valence-electron chi connectivity index (χ0n) is 19.5. The molecule has 182 valence electrons. The van der Waals surface area contributed by atoms with Gasteiger partial charge in [0, 0.05) is 24.0 Å². The molecular weight excluding hydrogens is 467 g/mol. The number of hydrogen-bond donors (Lipinski definition) is 2. The Bertz CT molecular complexity index is 1480. The second kappa shape index (κ2) is 9.71. The van der Waals surface area contributed by atoms with Crippen LogP contribution in [0.15, 0.2) is 48.7 Å². The molecule has 4 aromatic rings. The fourth-order valence-electron chi connectivity index (χ4n) is 4.37. The van der Waals surface area contributed by atoms with Crippen molar-refractivity contribution in [3.05, 3.63) is 76.9 Å². The van der Waals surface area contributed by atoms with E-state index in [1.54, 1.807) is 23.9 Å². The minimum absolute atomic E-state index is 0.0244. The summed E-state index contributed by atoms with van der Waals surface area (Å²) < 4.78 is 41.8. The fourth-order valence-corrected chi connectivity index (χ4v) is 4.95. The van der Waals surface area contributed by atoms with Gasteiger partial charge in [-0.05, 0) is 61.9 Å². The molecular formula is C25H27FN6O2S. The van der Waals surface area contributed by atoms with Gasteiger partial charge in [-0.25, -0.2) is 22.5 Å². The van der Waals surface area contributed by atoms with Crippen LogP contribution in [-0.4, -0.2) is 33.9 Å². The van der Waals surface area contributed by atoms with Gasteiger partial charge in [-0.3, -0.25) is 0 Å². The average Bonchev–Trinajstić information content (AvgIpc) is 3.31. The minimum atomic E-state index is -3.31. The van der Waals surface area contributed by atoms with Gasteiger partial charge in [-0.15, -0.1) is 0 Å². The van der Waals surface area contributed by atoms with Gasteiger partial charge in [0.1, 0.15) is 11.6 Å². The lowest BCUT2D eigenvalue weighted by Crippen LogP contribution is -2.24. The molecule has 0 bridgehead atoms. The van der Waals surface area contributed by atoms with Gasteiger partial charge in [0.05, 0.1) is 23.2 Å². The lowest BCUT2D eigenvalue weighted by atomic mass is 9.96. The molecule has 0 saturated carbocycles. The van der Waals surface area contributed by atoms with Crippen LogP contribution in [0.25, 0.3) is 16.9 Å². The highest BCUT2D eigenvalue weighted by Crippen LogP contribution is 2.28. The molecule has 0 aliphatic heterocycles. The molecule has 35 heavy (non-hydrogen) atoms. The number of fused-ring (bicyclic) bond motifs is 2. The smallest absolute Gasteiger partial charge is 0.253 e. The largest absolute Gasteiger partial charge is 0.366 e. The molecule has 0 saturated heterocycles. The van der Waals surface area contributed by atoms with E-state index in [0.717, 1.165) is 64.8 Å². The summed E-state index contributed by atoms with van der Waals surface area (Å²) in [5.41, 5.74) is 4.55. The van der Waals surface area contributed by atoms with Crippen LogP contribution in [0.5, 0.6) is 0 Å². The van der Waals surface area contributed by atoms with Crippen molar-refractivity contribution in [2.45, 2.75) is 45.7 Å². The fraction of sp³-hybridized carbons (Fsp3) is 0.320. The minimum Gasteiger partial charge on any atom is -0.366 e. The number of anilines is 1. The van der Waals surface area contributed by atoms with Crippen molar-refractivity contribution < 1.29 is 12.8 Å². The number of rotatable bonds is 8. The third kappa shape index (κ3) is 5.03.